The van der Waals surface area contributed by atoms with E-state index in [9.17, 15) is 9.59 Å². The van der Waals surface area contributed by atoms with Crippen molar-refractivity contribution in [3.63, 3.8) is 0 Å². The molecule has 0 aliphatic carbocycles. The molecule has 2 heterocycles. The van der Waals surface area contributed by atoms with Gasteiger partial charge in [-0.1, -0.05) is 12.1 Å². The molecule has 2 fully saturated rings. The molecule has 0 saturated carbocycles. The van der Waals surface area contributed by atoms with Crippen LogP contribution in [0.3, 0.4) is 0 Å². The van der Waals surface area contributed by atoms with E-state index in [1.54, 1.807) is 17.0 Å². The van der Waals surface area contributed by atoms with Gasteiger partial charge in [-0.15, -0.1) is 0 Å². The molecular weight excluding hydrogens is 368 g/mol. The van der Waals surface area contributed by atoms with Gasteiger partial charge in [0.05, 0.1) is 5.60 Å². The van der Waals surface area contributed by atoms with Crippen LogP contribution in [0.4, 0.5) is 0 Å². The summed E-state index contributed by atoms with van der Waals surface area (Å²) in [4.78, 5) is 28.1. The topological polar surface area (TPSA) is 59.1 Å². The maximum absolute atomic E-state index is 12.9. The maximum atomic E-state index is 12.9. The Balaban J connectivity index is 1.36. The second-order valence-corrected chi connectivity index (χ2v) is 7.96. The minimum Gasteiger partial charge on any atom is -0.457 e. The lowest BCUT2D eigenvalue weighted by atomic mass is 9.89. The van der Waals surface area contributed by atoms with Crippen molar-refractivity contribution in [2.24, 2.45) is 0 Å². The maximum Gasteiger partial charge on any atom is 0.253 e. The third kappa shape index (κ3) is 4.27. The molecule has 4 rings (SSSR count). The number of nitrogens with zero attached hydrogens (tertiary/aromatic N) is 2. The number of amides is 2. The van der Waals surface area contributed by atoms with Crippen molar-refractivity contribution in [1.82, 2.24) is 9.80 Å². The number of hydrogen-bond acceptors (Lipinski definition) is 4. The number of likely N-dealkylation sites (tertiary alicyclic amines) is 1. The minimum absolute atomic E-state index is 0.0158. The van der Waals surface area contributed by atoms with Crippen LogP contribution in [-0.2, 0) is 9.53 Å². The number of benzene rings is 2. The summed E-state index contributed by atoms with van der Waals surface area (Å²) in [6, 6.07) is 15.1. The Bertz CT molecular complexity index is 901. The molecule has 2 aromatic carbocycles. The molecule has 2 aliphatic heterocycles. The normalized spacial score (nSPS) is 18.8. The first-order valence-corrected chi connectivity index (χ1v) is 9.96. The van der Waals surface area contributed by atoms with E-state index in [1.165, 1.54) is 0 Å². The minimum atomic E-state index is -0.315. The highest BCUT2D eigenvalue weighted by atomic mass is 16.5. The highest BCUT2D eigenvalue weighted by molar-refractivity contribution is 5.94. The molecule has 0 N–H and O–H groups in total. The summed E-state index contributed by atoms with van der Waals surface area (Å²) >= 11 is 0. The summed E-state index contributed by atoms with van der Waals surface area (Å²) in [7, 11) is 1.81. The first-order chi connectivity index (χ1) is 13.9. The number of ether oxygens (including phenoxy) is 2. The number of likely N-dealkylation sites (N-methyl/N-ethyl adjacent to an activating group) is 1. The second kappa shape index (κ2) is 7.87. The van der Waals surface area contributed by atoms with Crippen LogP contribution in [0.2, 0.25) is 0 Å². The standard InChI is InChI=1S/C23H26N2O4/c1-17-4-3-5-20(14-17)29-19-8-6-18(7-9-19)22(27)25-12-10-23(11-13-25)16-24(2)21(26)15-28-23/h3-9,14H,10-13,15-16H2,1-2H3. The van der Waals surface area contributed by atoms with Crippen molar-refractivity contribution in [3.05, 3.63) is 59.7 Å². The van der Waals surface area contributed by atoms with E-state index < -0.39 is 0 Å². The van der Waals surface area contributed by atoms with Crippen LogP contribution in [0.25, 0.3) is 0 Å². The predicted molar refractivity (Wildman–Crippen MR) is 109 cm³/mol. The van der Waals surface area contributed by atoms with Gasteiger partial charge in [0.15, 0.2) is 0 Å². The fourth-order valence-electron chi connectivity index (χ4n) is 3.97. The van der Waals surface area contributed by atoms with Gasteiger partial charge in [0.1, 0.15) is 18.1 Å². The Morgan fingerprint density at radius 1 is 1.07 bits per heavy atom. The Kier molecular flexibility index (Phi) is 5.28. The molecule has 2 aromatic rings. The van der Waals surface area contributed by atoms with Gasteiger partial charge in [-0.25, -0.2) is 0 Å². The van der Waals surface area contributed by atoms with Crippen molar-refractivity contribution in [3.8, 4) is 11.5 Å². The van der Waals surface area contributed by atoms with E-state index >= 15 is 0 Å². The van der Waals surface area contributed by atoms with Gasteiger partial charge in [-0.3, -0.25) is 9.59 Å². The lowest BCUT2D eigenvalue weighted by molar-refractivity contribution is -0.167. The molecule has 0 bridgehead atoms. The Labute approximate surface area is 171 Å². The molecule has 6 heteroatoms. The molecule has 2 saturated heterocycles. The fourth-order valence-corrected chi connectivity index (χ4v) is 3.97. The molecule has 0 aromatic heterocycles. The van der Waals surface area contributed by atoms with Crippen molar-refractivity contribution < 1.29 is 19.1 Å². The summed E-state index contributed by atoms with van der Waals surface area (Å²) in [5, 5.41) is 0. The number of piperidine rings is 1. The number of carbonyl (C=O) groups excluding carboxylic acids is 2. The molecule has 152 valence electrons. The monoisotopic (exact) mass is 394 g/mol. The number of aryl methyl sites for hydroxylation is 1. The number of morpholine rings is 1. The van der Waals surface area contributed by atoms with Crippen LogP contribution >= 0.6 is 0 Å². The summed E-state index contributed by atoms with van der Waals surface area (Å²) in [5.74, 6) is 1.51. The molecule has 6 nitrogen and oxygen atoms in total. The largest absolute Gasteiger partial charge is 0.457 e. The van der Waals surface area contributed by atoms with E-state index in [1.807, 2.05) is 55.3 Å². The third-order valence-corrected chi connectivity index (χ3v) is 5.74. The number of hydrogen-bond donors (Lipinski definition) is 0. The van der Waals surface area contributed by atoms with E-state index in [0.717, 1.165) is 24.2 Å². The van der Waals surface area contributed by atoms with Gasteiger partial charge in [-0.05, 0) is 61.7 Å². The number of rotatable bonds is 3. The molecule has 0 unspecified atom stereocenters. The molecule has 0 atom stereocenters. The van der Waals surface area contributed by atoms with Crippen LogP contribution in [0, 0.1) is 6.92 Å². The quantitative estimate of drug-likeness (QED) is 0.802. The van der Waals surface area contributed by atoms with Gasteiger partial charge < -0.3 is 19.3 Å². The zero-order valence-electron chi connectivity index (χ0n) is 16.9. The first-order valence-electron chi connectivity index (χ1n) is 9.96. The highest BCUT2D eigenvalue weighted by Gasteiger charge is 2.42. The van der Waals surface area contributed by atoms with Crippen molar-refractivity contribution in [1.29, 1.82) is 0 Å². The summed E-state index contributed by atoms with van der Waals surface area (Å²) in [6.07, 6.45) is 1.48. The number of carbonyl (C=O) groups is 2. The Hall–Kier alpha value is -2.86. The van der Waals surface area contributed by atoms with Crippen LogP contribution < -0.4 is 4.74 Å². The average molecular weight is 394 g/mol. The van der Waals surface area contributed by atoms with Gasteiger partial charge in [0.25, 0.3) is 5.91 Å². The Morgan fingerprint density at radius 2 is 1.79 bits per heavy atom. The summed E-state index contributed by atoms with van der Waals surface area (Å²) in [6.45, 7) is 4.00. The van der Waals surface area contributed by atoms with Gasteiger partial charge in [-0.2, -0.15) is 0 Å². The highest BCUT2D eigenvalue weighted by Crippen LogP contribution is 2.31. The molecular formula is C23H26N2O4. The summed E-state index contributed by atoms with van der Waals surface area (Å²) < 4.78 is 11.7. The van der Waals surface area contributed by atoms with E-state index in [-0.39, 0.29) is 24.0 Å². The Morgan fingerprint density at radius 3 is 2.45 bits per heavy atom. The van der Waals surface area contributed by atoms with Gasteiger partial charge >= 0.3 is 0 Å². The smallest absolute Gasteiger partial charge is 0.253 e. The SMILES string of the molecule is Cc1cccc(Oc2ccc(C(=O)N3CCC4(CC3)CN(C)C(=O)CO4)cc2)c1. The lowest BCUT2D eigenvalue weighted by Gasteiger charge is -2.46. The predicted octanol–water partition coefficient (Wildman–Crippen LogP) is 3.25. The first kappa shape index (κ1) is 19.5. The van der Waals surface area contributed by atoms with Crippen LogP contribution in [-0.4, -0.2) is 60.5 Å². The molecule has 2 amide bonds. The summed E-state index contributed by atoms with van der Waals surface area (Å²) in [5.41, 5.74) is 1.47. The molecule has 0 radical (unpaired) electrons. The zero-order chi connectivity index (χ0) is 20.4. The van der Waals surface area contributed by atoms with Gasteiger partial charge in [0, 0.05) is 32.2 Å². The molecule has 2 aliphatic rings. The third-order valence-electron chi connectivity index (χ3n) is 5.74. The van der Waals surface area contributed by atoms with Crippen LogP contribution in [0.15, 0.2) is 48.5 Å². The fraction of sp³-hybridized carbons (Fsp3) is 0.391. The van der Waals surface area contributed by atoms with E-state index in [4.69, 9.17) is 9.47 Å². The molecule has 29 heavy (non-hydrogen) atoms. The second-order valence-electron chi connectivity index (χ2n) is 7.96. The van der Waals surface area contributed by atoms with E-state index in [0.29, 0.717) is 30.9 Å². The van der Waals surface area contributed by atoms with Crippen molar-refractivity contribution in [2.45, 2.75) is 25.4 Å². The van der Waals surface area contributed by atoms with Gasteiger partial charge in [0.2, 0.25) is 5.91 Å². The lowest BCUT2D eigenvalue weighted by Crippen LogP contribution is -2.58. The zero-order valence-corrected chi connectivity index (χ0v) is 16.9. The van der Waals surface area contributed by atoms with Crippen molar-refractivity contribution >= 4 is 11.8 Å². The average Bonchev–Trinajstić information content (AvgIpc) is 2.72. The molecule has 1 spiro atoms. The van der Waals surface area contributed by atoms with E-state index in [2.05, 4.69) is 0 Å². The van der Waals surface area contributed by atoms with Crippen LogP contribution in [0.1, 0.15) is 28.8 Å². The van der Waals surface area contributed by atoms with Crippen molar-refractivity contribution in [2.75, 3.05) is 33.3 Å². The van der Waals surface area contributed by atoms with Crippen LogP contribution in [0.5, 0.6) is 11.5 Å².